The zero-order valence-corrected chi connectivity index (χ0v) is 11.9. The Balaban J connectivity index is 2.22. The summed E-state index contributed by atoms with van der Waals surface area (Å²) in [5, 5.41) is 3.32. The van der Waals surface area contributed by atoms with Gasteiger partial charge < -0.3 is 10.1 Å². The van der Waals surface area contributed by atoms with E-state index in [1.807, 2.05) is 0 Å². The molecule has 0 saturated carbocycles. The summed E-state index contributed by atoms with van der Waals surface area (Å²) in [5.74, 6) is 0.153. The van der Waals surface area contributed by atoms with Crippen molar-refractivity contribution in [1.29, 1.82) is 0 Å². The molecule has 0 saturated heterocycles. The molecule has 2 aromatic rings. The highest BCUT2D eigenvalue weighted by Gasteiger charge is 2.34. The summed E-state index contributed by atoms with van der Waals surface area (Å²) in [4.78, 5) is 3.97. The Hall–Kier alpha value is -1.47. The van der Waals surface area contributed by atoms with E-state index in [4.69, 9.17) is 16.3 Å². The van der Waals surface area contributed by atoms with Crippen LogP contribution in [0.2, 0.25) is 4.34 Å². The predicted molar refractivity (Wildman–Crippen MR) is 72.4 cm³/mol. The molecule has 1 N–H and O–H groups in total. The molecule has 0 atom stereocenters. The molecule has 2 rings (SSSR count). The van der Waals surface area contributed by atoms with Gasteiger partial charge in [0, 0.05) is 5.69 Å². The van der Waals surface area contributed by atoms with Crippen LogP contribution in [0.3, 0.4) is 0 Å². The number of thiazole rings is 1. The van der Waals surface area contributed by atoms with Gasteiger partial charge in [0.2, 0.25) is 0 Å². The maximum Gasteiger partial charge on any atom is 0.418 e. The fourth-order valence-electron chi connectivity index (χ4n) is 1.58. The third-order valence-corrected chi connectivity index (χ3v) is 3.60. The molecular formula is C12H10ClF3N2OS. The van der Waals surface area contributed by atoms with Crippen LogP contribution < -0.4 is 10.1 Å². The van der Waals surface area contributed by atoms with Crippen LogP contribution in [0.15, 0.2) is 24.4 Å². The van der Waals surface area contributed by atoms with Crippen molar-refractivity contribution >= 4 is 28.6 Å². The Morgan fingerprint density at radius 2 is 2.15 bits per heavy atom. The second kappa shape index (κ2) is 5.88. The Labute approximate surface area is 122 Å². The monoisotopic (exact) mass is 322 g/mol. The lowest BCUT2D eigenvalue weighted by Crippen LogP contribution is -2.11. The van der Waals surface area contributed by atoms with E-state index in [0.29, 0.717) is 9.34 Å². The van der Waals surface area contributed by atoms with Crippen molar-refractivity contribution in [2.24, 2.45) is 0 Å². The molecule has 1 aromatic heterocycles. The van der Waals surface area contributed by atoms with Crippen LogP contribution >= 0.6 is 22.9 Å². The minimum atomic E-state index is -4.46. The van der Waals surface area contributed by atoms with E-state index in [0.717, 1.165) is 6.07 Å². The van der Waals surface area contributed by atoms with Gasteiger partial charge in [-0.05, 0) is 18.2 Å². The molecular weight excluding hydrogens is 313 g/mol. The van der Waals surface area contributed by atoms with Crippen LogP contribution in [0.1, 0.15) is 10.6 Å². The Morgan fingerprint density at radius 3 is 2.70 bits per heavy atom. The van der Waals surface area contributed by atoms with Crippen LogP contribution in [0, 0.1) is 0 Å². The number of aromatic nitrogens is 1. The number of ether oxygens (including phenoxy) is 1. The Kier molecular flexibility index (Phi) is 4.39. The molecule has 0 spiro atoms. The number of benzene rings is 1. The molecule has 3 nitrogen and oxygen atoms in total. The first-order chi connectivity index (χ1) is 9.40. The third-order valence-electron chi connectivity index (χ3n) is 2.49. The first-order valence-electron chi connectivity index (χ1n) is 5.49. The van der Waals surface area contributed by atoms with E-state index in [2.05, 4.69) is 10.3 Å². The van der Waals surface area contributed by atoms with E-state index in [1.54, 1.807) is 0 Å². The van der Waals surface area contributed by atoms with Crippen molar-refractivity contribution in [2.75, 3.05) is 12.4 Å². The lowest BCUT2D eigenvalue weighted by Gasteiger charge is -2.15. The maximum atomic E-state index is 13.0. The number of hydrogen-bond acceptors (Lipinski definition) is 4. The van der Waals surface area contributed by atoms with Crippen LogP contribution in [0.4, 0.5) is 18.9 Å². The molecule has 0 radical (unpaired) electrons. The highest BCUT2D eigenvalue weighted by molar-refractivity contribution is 7.15. The van der Waals surface area contributed by atoms with Gasteiger partial charge in [0.15, 0.2) is 0 Å². The molecule has 108 valence electrons. The Morgan fingerprint density at radius 1 is 1.40 bits per heavy atom. The second-order valence-corrected chi connectivity index (χ2v) is 5.57. The highest BCUT2D eigenvalue weighted by atomic mass is 35.5. The minimum absolute atomic E-state index is 0.0235. The number of nitrogens with one attached hydrogen (secondary N) is 1. The van der Waals surface area contributed by atoms with Gasteiger partial charge in [-0.15, -0.1) is 11.3 Å². The summed E-state index contributed by atoms with van der Waals surface area (Å²) in [6.07, 6.45) is -3.00. The lowest BCUT2D eigenvalue weighted by atomic mass is 10.1. The molecule has 0 bridgehead atoms. The molecule has 0 aliphatic heterocycles. The van der Waals surface area contributed by atoms with E-state index >= 15 is 0 Å². The molecule has 1 aromatic carbocycles. The SMILES string of the molecule is COc1ccc(NCc2ncc(Cl)s2)c(C(F)(F)F)c1. The van der Waals surface area contributed by atoms with Crippen molar-refractivity contribution in [3.8, 4) is 5.75 Å². The van der Waals surface area contributed by atoms with E-state index in [1.165, 1.54) is 36.8 Å². The van der Waals surface area contributed by atoms with E-state index < -0.39 is 11.7 Å². The van der Waals surface area contributed by atoms with Gasteiger partial charge in [-0.2, -0.15) is 13.2 Å². The zero-order chi connectivity index (χ0) is 14.8. The molecule has 0 aliphatic rings. The van der Waals surface area contributed by atoms with Gasteiger partial charge in [0.05, 0.1) is 25.4 Å². The quantitative estimate of drug-likeness (QED) is 0.904. The first-order valence-corrected chi connectivity index (χ1v) is 6.69. The highest BCUT2D eigenvalue weighted by Crippen LogP contribution is 2.37. The summed E-state index contributed by atoms with van der Waals surface area (Å²) >= 11 is 6.93. The van der Waals surface area contributed by atoms with Gasteiger partial charge in [-0.1, -0.05) is 11.6 Å². The zero-order valence-electron chi connectivity index (χ0n) is 10.3. The summed E-state index contributed by atoms with van der Waals surface area (Å²) in [5.41, 5.74) is -0.802. The van der Waals surface area contributed by atoms with Gasteiger partial charge >= 0.3 is 6.18 Å². The third kappa shape index (κ3) is 3.55. The molecule has 8 heteroatoms. The number of nitrogens with zero attached hydrogens (tertiary/aromatic N) is 1. The minimum Gasteiger partial charge on any atom is -0.497 e. The van der Waals surface area contributed by atoms with E-state index in [9.17, 15) is 13.2 Å². The standard InChI is InChI=1S/C12H10ClF3N2OS/c1-19-7-2-3-9(8(4-7)12(14,15)16)17-6-11-18-5-10(13)20-11/h2-5,17H,6H2,1H3. The van der Waals surface area contributed by atoms with Gasteiger partial charge in [0.1, 0.15) is 15.1 Å². The summed E-state index contributed by atoms with van der Waals surface area (Å²) in [6.45, 7) is 0.173. The van der Waals surface area contributed by atoms with Crippen molar-refractivity contribution in [2.45, 2.75) is 12.7 Å². The lowest BCUT2D eigenvalue weighted by molar-refractivity contribution is -0.137. The average molecular weight is 323 g/mol. The fraction of sp³-hybridized carbons (Fsp3) is 0.250. The second-order valence-electron chi connectivity index (χ2n) is 3.82. The predicted octanol–water partition coefficient (Wildman–Crippen LogP) is 4.44. The molecule has 0 aliphatic carbocycles. The molecule has 0 unspecified atom stereocenters. The van der Waals surface area contributed by atoms with Gasteiger partial charge in [0.25, 0.3) is 0 Å². The van der Waals surface area contributed by atoms with Crippen LogP contribution in [-0.2, 0) is 12.7 Å². The number of alkyl halides is 3. The smallest absolute Gasteiger partial charge is 0.418 e. The number of rotatable bonds is 4. The summed E-state index contributed by atoms with van der Waals surface area (Å²) in [6, 6.07) is 3.75. The van der Waals surface area contributed by atoms with Crippen LogP contribution in [-0.4, -0.2) is 12.1 Å². The van der Waals surface area contributed by atoms with Crippen molar-refractivity contribution in [1.82, 2.24) is 4.98 Å². The molecule has 0 amide bonds. The largest absolute Gasteiger partial charge is 0.497 e. The van der Waals surface area contributed by atoms with Crippen molar-refractivity contribution in [3.05, 3.63) is 39.3 Å². The molecule has 20 heavy (non-hydrogen) atoms. The number of halogens is 4. The first kappa shape index (κ1) is 14.9. The average Bonchev–Trinajstić information content (AvgIpc) is 2.81. The van der Waals surface area contributed by atoms with Gasteiger partial charge in [-0.25, -0.2) is 4.98 Å². The Bertz CT molecular complexity index is 601. The van der Waals surface area contributed by atoms with Crippen molar-refractivity contribution < 1.29 is 17.9 Å². The molecule has 0 fully saturated rings. The maximum absolute atomic E-state index is 13.0. The van der Waals surface area contributed by atoms with Gasteiger partial charge in [-0.3, -0.25) is 0 Å². The summed E-state index contributed by atoms with van der Waals surface area (Å²) < 4.78 is 44.2. The number of hydrogen-bond donors (Lipinski definition) is 1. The van der Waals surface area contributed by atoms with Crippen LogP contribution in [0.5, 0.6) is 5.75 Å². The number of anilines is 1. The molecule has 1 heterocycles. The summed E-state index contributed by atoms with van der Waals surface area (Å²) in [7, 11) is 1.32. The normalized spacial score (nSPS) is 11.4. The van der Waals surface area contributed by atoms with E-state index in [-0.39, 0.29) is 18.0 Å². The number of methoxy groups -OCH3 is 1. The van der Waals surface area contributed by atoms with Crippen molar-refractivity contribution in [3.63, 3.8) is 0 Å². The van der Waals surface area contributed by atoms with Crippen LogP contribution in [0.25, 0.3) is 0 Å². The topological polar surface area (TPSA) is 34.1 Å². The fourth-order valence-corrected chi connectivity index (χ4v) is 2.48.